The zero-order chi connectivity index (χ0) is 20.6. The van der Waals surface area contributed by atoms with Gasteiger partial charge in [0.25, 0.3) is 0 Å². The molecular formula is C20H23N5O4. The van der Waals surface area contributed by atoms with E-state index in [0.717, 1.165) is 5.75 Å². The third-order valence-corrected chi connectivity index (χ3v) is 4.42. The number of hydrogen-bond donors (Lipinski definition) is 1. The first-order valence-electron chi connectivity index (χ1n) is 9.19. The second kappa shape index (κ2) is 9.54. The van der Waals surface area contributed by atoms with Crippen LogP contribution in [0.1, 0.15) is 25.1 Å². The molecule has 1 N–H and O–H groups in total. The molecule has 0 aliphatic rings. The molecule has 0 fully saturated rings. The fourth-order valence-electron chi connectivity index (χ4n) is 2.62. The highest BCUT2D eigenvalue weighted by Gasteiger charge is 2.20. The molecule has 0 spiro atoms. The maximum atomic E-state index is 12.5. The van der Waals surface area contributed by atoms with Crippen LogP contribution in [0.15, 0.2) is 59.6 Å². The van der Waals surface area contributed by atoms with Gasteiger partial charge in [0.1, 0.15) is 24.3 Å². The quantitative estimate of drug-likeness (QED) is 0.595. The number of nitrogens with one attached hydrogen (secondary N) is 1. The first-order valence-corrected chi connectivity index (χ1v) is 9.19. The van der Waals surface area contributed by atoms with Crippen molar-refractivity contribution in [2.24, 2.45) is 0 Å². The number of aromatic nitrogens is 3. The summed E-state index contributed by atoms with van der Waals surface area (Å²) in [5, 5.41) is 10.7. The zero-order valence-corrected chi connectivity index (χ0v) is 16.3. The fraction of sp³-hybridized carbons (Fsp3) is 0.300. The second-order valence-electron chi connectivity index (χ2n) is 6.49. The number of nitrogens with zero attached hydrogens (tertiary/aromatic N) is 4. The monoisotopic (exact) mass is 397 g/mol. The molecule has 0 saturated carbocycles. The summed E-state index contributed by atoms with van der Waals surface area (Å²) in [4.78, 5) is 26.1. The van der Waals surface area contributed by atoms with Crippen molar-refractivity contribution in [2.75, 3.05) is 19.0 Å². The third-order valence-electron chi connectivity index (χ3n) is 4.42. The lowest BCUT2D eigenvalue weighted by Crippen LogP contribution is -2.32. The van der Waals surface area contributed by atoms with Crippen LogP contribution < -0.4 is 10.1 Å². The van der Waals surface area contributed by atoms with Crippen molar-refractivity contribution in [1.82, 2.24) is 19.8 Å². The van der Waals surface area contributed by atoms with Gasteiger partial charge in [-0.15, -0.1) is 0 Å². The molecule has 0 unspecified atom stereocenters. The minimum Gasteiger partial charge on any atom is -0.493 e. The van der Waals surface area contributed by atoms with E-state index in [0.29, 0.717) is 11.4 Å². The van der Waals surface area contributed by atoms with Crippen molar-refractivity contribution in [1.29, 1.82) is 0 Å². The molecule has 9 heteroatoms. The summed E-state index contributed by atoms with van der Waals surface area (Å²) in [6.45, 7) is 2.18. The lowest BCUT2D eigenvalue weighted by Gasteiger charge is -2.23. The van der Waals surface area contributed by atoms with E-state index in [2.05, 4.69) is 15.6 Å². The molecular weight excluding hydrogens is 374 g/mol. The number of amides is 2. The Labute approximate surface area is 168 Å². The Hall–Kier alpha value is -3.62. The minimum absolute atomic E-state index is 0.0473. The molecule has 3 rings (SSSR count). The second-order valence-corrected chi connectivity index (χ2v) is 6.49. The number of rotatable bonds is 9. The van der Waals surface area contributed by atoms with Gasteiger partial charge in [0.2, 0.25) is 11.8 Å². The van der Waals surface area contributed by atoms with E-state index in [4.69, 9.17) is 9.26 Å². The van der Waals surface area contributed by atoms with Gasteiger partial charge in [0.05, 0.1) is 31.0 Å². The molecule has 152 valence electrons. The van der Waals surface area contributed by atoms with Crippen LogP contribution in [-0.4, -0.2) is 45.3 Å². The van der Waals surface area contributed by atoms with E-state index in [1.165, 1.54) is 17.1 Å². The maximum absolute atomic E-state index is 12.5. The average molecular weight is 397 g/mol. The van der Waals surface area contributed by atoms with E-state index in [1.807, 2.05) is 37.3 Å². The standard InChI is InChI=1S/C20H23N5O4/c1-15(18-8-11-29-23-18)24(2)20(27)14-25-13-16(12-21-25)22-19(26)9-10-28-17-6-4-3-5-7-17/h3-8,11-13,15H,9-10,14H2,1-2H3,(H,22,26)/t15-/m0/s1. The van der Waals surface area contributed by atoms with Crippen LogP contribution in [0.2, 0.25) is 0 Å². The van der Waals surface area contributed by atoms with Crippen LogP contribution in [0.3, 0.4) is 0 Å². The summed E-state index contributed by atoms with van der Waals surface area (Å²) < 4.78 is 11.8. The van der Waals surface area contributed by atoms with Crippen molar-refractivity contribution in [3.8, 4) is 5.75 Å². The number of carbonyl (C=O) groups is 2. The van der Waals surface area contributed by atoms with Gasteiger partial charge in [-0.1, -0.05) is 23.4 Å². The SMILES string of the molecule is C[C@@H](c1ccon1)N(C)C(=O)Cn1cc(NC(=O)CCOc2ccccc2)cn1. The summed E-state index contributed by atoms with van der Waals surface area (Å²) in [5.74, 6) is 0.386. The highest BCUT2D eigenvalue weighted by atomic mass is 16.5. The molecule has 0 bridgehead atoms. The molecule has 1 atom stereocenters. The summed E-state index contributed by atoms with van der Waals surface area (Å²) in [6.07, 6.45) is 4.79. The van der Waals surface area contributed by atoms with Crippen LogP contribution in [0.4, 0.5) is 5.69 Å². The summed E-state index contributed by atoms with van der Waals surface area (Å²) in [6, 6.07) is 10.8. The van der Waals surface area contributed by atoms with Crippen LogP contribution >= 0.6 is 0 Å². The highest BCUT2D eigenvalue weighted by molar-refractivity contribution is 5.90. The Balaban J connectivity index is 1.45. The van der Waals surface area contributed by atoms with Crippen LogP contribution in [0.25, 0.3) is 0 Å². The smallest absolute Gasteiger partial charge is 0.244 e. The molecule has 0 aliphatic heterocycles. The largest absolute Gasteiger partial charge is 0.493 e. The van der Waals surface area contributed by atoms with E-state index in [-0.39, 0.29) is 37.4 Å². The molecule has 0 aliphatic carbocycles. The number of benzene rings is 1. The lowest BCUT2D eigenvalue weighted by atomic mass is 10.2. The molecule has 0 saturated heterocycles. The fourth-order valence-corrected chi connectivity index (χ4v) is 2.62. The molecule has 2 heterocycles. The topological polar surface area (TPSA) is 102 Å². The normalized spacial score (nSPS) is 11.7. The molecule has 2 aromatic heterocycles. The highest BCUT2D eigenvalue weighted by Crippen LogP contribution is 2.17. The maximum Gasteiger partial charge on any atom is 0.244 e. The minimum atomic E-state index is -0.222. The van der Waals surface area contributed by atoms with Crippen molar-refractivity contribution >= 4 is 17.5 Å². The molecule has 29 heavy (non-hydrogen) atoms. The molecule has 0 radical (unpaired) electrons. The van der Waals surface area contributed by atoms with Gasteiger partial charge in [-0.2, -0.15) is 5.10 Å². The van der Waals surface area contributed by atoms with Crippen molar-refractivity contribution in [3.63, 3.8) is 0 Å². The predicted molar refractivity (Wildman–Crippen MR) is 105 cm³/mol. The number of likely N-dealkylation sites (N-methyl/N-ethyl adjacent to an activating group) is 1. The zero-order valence-electron chi connectivity index (χ0n) is 16.3. The van der Waals surface area contributed by atoms with E-state index in [1.54, 1.807) is 24.2 Å². The van der Waals surface area contributed by atoms with Gasteiger partial charge in [-0.3, -0.25) is 14.3 Å². The van der Waals surface area contributed by atoms with Gasteiger partial charge in [-0.25, -0.2) is 0 Å². The van der Waals surface area contributed by atoms with E-state index in [9.17, 15) is 9.59 Å². The average Bonchev–Trinajstić information content (AvgIpc) is 3.40. The van der Waals surface area contributed by atoms with Crippen LogP contribution in [0.5, 0.6) is 5.75 Å². The Kier molecular flexibility index (Phi) is 6.62. The number of carbonyl (C=O) groups excluding carboxylic acids is 2. The lowest BCUT2D eigenvalue weighted by molar-refractivity contribution is -0.132. The summed E-state index contributed by atoms with van der Waals surface area (Å²) in [5.41, 5.74) is 1.20. The van der Waals surface area contributed by atoms with E-state index >= 15 is 0 Å². The summed E-state index contributed by atoms with van der Waals surface area (Å²) in [7, 11) is 1.70. The van der Waals surface area contributed by atoms with Gasteiger partial charge in [0, 0.05) is 19.3 Å². The Morgan fingerprint density at radius 3 is 2.79 bits per heavy atom. The van der Waals surface area contributed by atoms with Gasteiger partial charge in [-0.05, 0) is 19.1 Å². The molecule has 2 amide bonds. The molecule has 9 nitrogen and oxygen atoms in total. The van der Waals surface area contributed by atoms with Gasteiger partial charge < -0.3 is 19.5 Å². The van der Waals surface area contributed by atoms with Gasteiger partial charge in [0.15, 0.2) is 0 Å². The van der Waals surface area contributed by atoms with Crippen LogP contribution in [-0.2, 0) is 16.1 Å². The van der Waals surface area contributed by atoms with Gasteiger partial charge >= 0.3 is 0 Å². The molecule has 1 aromatic carbocycles. The van der Waals surface area contributed by atoms with Crippen molar-refractivity contribution in [3.05, 3.63) is 60.7 Å². The third kappa shape index (κ3) is 5.68. The number of para-hydroxylation sites is 1. The Morgan fingerprint density at radius 2 is 2.07 bits per heavy atom. The molecule has 3 aromatic rings. The van der Waals surface area contributed by atoms with E-state index < -0.39 is 0 Å². The van der Waals surface area contributed by atoms with Crippen molar-refractivity contribution < 1.29 is 18.8 Å². The number of ether oxygens (including phenoxy) is 1. The number of hydrogen-bond acceptors (Lipinski definition) is 6. The number of anilines is 1. The summed E-state index contributed by atoms with van der Waals surface area (Å²) >= 11 is 0. The predicted octanol–water partition coefficient (Wildman–Crippen LogP) is 2.50. The Bertz CT molecular complexity index is 924. The first kappa shape index (κ1) is 20.1. The van der Waals surface area contributed by atoms with Crippen molar-refractivity contribution in [2.45, 2.75) is 25.9 Å². The first-order chi connectivity index (χ1) is 14.0. The Morgan fingerprint density at radius 1 is 1.28 bits per heavy atom. The van der Waals surface area contributed by atoms with Crippen LogP contribution in [0, 0.1) is 0 Å².